The van der Waals surface area contributed by atoms with Crippen molar-refractivity contribution in [2.75, 3.05) is 132 Å². The van der Waals surface area contributed by atoms with E-state index in [0.29, 0.717) is 132 Å². The van der Waals surface area contributed by atoms with Crippen LogP contribution in [0.15, 0.2) is 25.3 Å². The molecule has 20 unspecified atom stereocenters. The average molecular weight is 1240 g/mol. The molecule has 0 amide bonds. The lowest BCUT2D eigenvalue weighted by Crippen LogP contribution is -2.31. The van der Waals surface area contributed by atoms with Crippen LogP contribution in [-0.4, -0.2) is 254 Å². The molecule has 0 aromatic carbocycles. The Hall–Kier alpha value is -1.32. The summed E-state index contributed by atoms with van der Waals surface area (Å²) in [4.78, 5) is 0. The molecule has 20 atom stereocenters. The third-order valence-corrected chi connectivity index (χ3v) is 13.0. The first-order chi connectivity index (χ1) is 40.8. The van der Waals surface area contributed by atoms with Crippen LogP contribution in [0.4, 0.5) is 0 Å². The smallest absolute Gasteiger partial charge is 0.0784 e. The van der Waals surface area contributed by atoms with Crippen molar-refractivity contribution in [3.05, 3.63) is 25.3 Å². The summed E-state index contributed by atoms with van der Waals surface area (Å²) in [6, 6.07) is 0. The molecule has 0 N–H and O–H groups in total. The fourth-order valence-electron chi connectivity index (χ4n) is 7.28. The molecular formula is C66H130O20. The van der Waals surface area contributed by atoms with Gasteiger partial charge in [-0.3, -0.25) is 0 Å². The summed E-state index contributed by atoms with van der Waals surface area (Å²) < 4.78 is 119. The van der Waals surface area contributed by atoms with Crippen molar-refractivity contribution in [1.82, 2.24) is 0 Å². The first-order valence-corrected chi connectivity index (χ1v) is 32.3. The highest BCUT2D eigenvalue weighted by atomic mass is 16.6. The zero-order valence-corrected chi connectivity index (χ0v) is 57.8. The van der Waals surface area contributed by atoms with Gasteiger partial charge in [0.05, 0.1) is 254 Å². The van der Waals surface area contributed by atoms with E-state index in [9.17, 15) is 0 Å². The first kappa shape index (κ1) is 84.7. The molecule has 0 heterocycles. The molecule has 0 radical (unpaired) electrons. The predicted molar refractivity (Wildman–Crippen MR) is 338 cm³/mol. The van der Waals surface area contributed by atoms with E-state index in [4.69, 9.17) is 94.7 Å². The Balaban J connectivity index is 4.04. The number of ether oxygens (including phenoxy) is 20. The molecule has 0 rings (SSSR count). The molecule has 20 heteroatoms. The number of hydrogen-bond acceptors (Lipinski definition) is 20. The van der Waals surface area contributed by atoms with E-state index in [2.05, 4.69) is 20.1 Å². The van der Waals surface area contributed by atoms with Crippen LogP contribution in [0.5, 0.6) is 0 Å². The zero-order chi connectivity index (χ0) is 64.7. The molecule has 20 nitrogen and oxygen atoms in total. The van der Waals surface area contributed by atoms with Gasteiger partial charge in [0.25, 0.3) is 0 Å². The van der Waals surface area contributed by atoms with Crippen molar-refractivity contribution in [2.24, 2.45) is 0 Å². The molecule has 0 aliphatic heterocycles. The Morgan fingerprint density at radius 2 is 0.291 bits per heavy atom. The summed E-state index contributed by atoms with van der Waals surface area (Å²) >= 11 is 0. The summed E-state index contributed by atoms with van der Waals surface area (Å²) in [5.74, 6) is 0. The molecule has 0 aliphatic rings. The van der Waals surface area contributed by atoms with Gasteiger partial charge in [-0.05, 0) is 151 Å². The minimum Gasteiger partial charge on any atom is -0.376 e. The third-order valence-electron chi connectivity index (χ3n) is 13.0. The molecule has 0 aromatic rings. The number of hydrogen-bond donors (Lipinski definition) is 0. The molecule has 0 fully saturated rings. The summed E-state index contributed by atoms with van der Waals surface area (Å²) in [5, 5.41) is 0. The van der Waals surface area contributed by atoms with Gasteiger partial charge in [0.2, 0.25) is 0 Å². The largest absolute Gasteiger partial charge is 0.376 e. The second kappa shape index (κ2) is 54.3. The SMILES string of the molecule is C=CCCC(C)OCC(C)OCC(C)OCC(C)OCC(C)OCC(C)OCC(C)OCC(C)OCC(C)OCC(C)OCC(C)OCC(C)OCC(C)OCC(C)OCC(C)OCC(C)OCC(C)OCC(C)OCC(C)OCC(C)OCC=C. The van der Waals surface area contributed by atoms with Crippen LogP contribution >= 0.6 is 0 Å². The predicted octanol–water partition coefficient (Wildman–Crippen LogP) is 10.2. The topological polar surface area (TPSA) is 185 Å². The van der Waals surface area contributed by atoms with Gasteiger partial charge in [-0.25, -0.2) is 0 Å². The normalized spacial score (nSPS) is 19.3. The fraction of sp³-hybridized carbons (Fsp3) is 0.939. The van der Waals surface area contributed by atoms with Gasteiger partial charge in [0.15, 0.2) is 0 Å². The molecule has 0 saturated carbocycles. The van der Waals surface area contributed by atoms with E-state index in [1.807, 2.05) is 138 Å². The van der Waals surface area contributed by atoms with Gasteiger partial charge in [-0.2, -0.15) is 0 Å². The molecule has 0 spiro atoms. The van der Waals surface area contributed by atoms with E-state index in [-0.39, 0.29) is 122 Å². The van der Waals surface area contributed by atoms with Crippen molar-refractivity contribution in [2.45, 2.75) is 273 Å². The van der Waals surface area contributed by atoms with E-state index < -0.39 is 0 Å². The molecule has 0 aliphatic carbocycles. The summed E-state index contributed by atoms with van der Waals surface area (Å²) in [5.41, 5.74) is 0. The van der Waals surface area contributed by atoms with Gasteiger partial charge in [0.1, 0.15) is 0 Å². The van der Waals surface area contributed by atoms with Crippen LogP contribution in [0.1, 0.15) is 151 Å². The number of rotatable bonds is 63. The minimum absolute atomic E-state index is 0.00139. The minimum atomic E-state index is -0.115. The molecule has 0 saturated heterocycles. The average Bonchev–Trinajstić information content (AvgIpc) is 3.50. The Morgan fingerprint density at radius 1 is 0.174 bits per heavy atom. The van der Waals surface area contributed by atoms with Gasteiger partial charge in [-0.15, -0.1) is 13.2 Å². The van der Waals surface area contributed by atoms with Crippen LogP contribution in [-0.2, 0) is 94.7 Å². The van der Waals surface area contributed by atoms with E-state index in [1.165, 1.54) is 0 Å². The summed E-state index contributed by atoms with van der Waals surface area (Å²) in [6.45, 7) is 56.5. The highest BCUT2D eigenvalue weighted by Crippen LogP contribution is 2.11. The number of allylic oxidation sites excluding steroid dienone is 1. The Bertz CT molecular complexity index is 1410. The lowest BCUT2D eigenvalue weighted by atomic mass is 10.2. The summed E-state index contributed by atoms with van der Waals surface area (Å²) in [7, 11) is 0. The van der Waals surface area contributed by atoms with Gasteiger partial charge in [0, 0.05) is 0 Å². The maximum atomic E-state index is 6.02. The second-order valence-electron chi connectivity index (χ2n) is 24.0. The van der Waals surface area contributed by atoms with E-state index >= 15 is 0 Å². The monoisotopic (exact) mass is 1240 g/mol. The van der Waals surface area contributed by atoms with Crippen LogP contribution in [0.3, 0.4) is 0 Å². The Labute approximate surface area is 523 Å². The lowest BCUT2D eigenvalue weighted by molar-refractivity contribution is -0.117. The maximum absolute atomic E-state index is 6.02. The molecule has 0 aromatic heterocycles. The zero-order valence-electron chi connectivity index (χ0n) is 57.8. The van der Waals surface area contributed by atoms with Gasteiger partial charge in [-0.1, -0.05) is 12.2 Å². The van der Waals surface area contributed by atoms with Crippen molar-refractivity contribution in [1.29, 1.82) is 0 Å². The quantitative estimate of drug-likeness (QED) is 0.0523. The van der Waals surface area contributed by atoms with Crippen molar-refractivity contribution in [3.63, 3.8) is 0 Å². The first-order valence-electron chi connectivity index (χ1n) is 32.3. The maximum Gasteiger partial charge on any atom is 0.0784 e. The summed E-state index contributed by atoms with van der Waals surface area (Å²) in [6.07, 6.45) is 4.09. The van der Waals surface area contributed by atoms with Crippen molar-refractivity contribution >= 4 is 0 Å². The Morgan fingerprint density at radius 3 is 0.407 bits per heavy atom. The van der Waals surface area contributed by atoms with Crippen LogP contribution in [0, 0.1) is 0 Å². The van der Waals surface area contributed by atoms with Gasteiger partial charge < -0.3 is 94.7 Å². The van der Waals surface area contributed by atoms with Crippen LogP contribution in [0.2, 0.25) is 0 Å². The highest BCUT2D eigenvalue weighted by Gasteiger charge is 2.19. The molecular weight excluding hydrogens is 1110 g/mol. The van der Waals surface area contributed by atoms with Crippen molar-refractivity contribution in [3.8, 4) is 0 Å². The second-order valence-corrected chi connectivity index (χ2v) is 24.0. The molecule has 0 bridgehead atoms. The van der Waals surface area contributed by atoms with E-state index in [0.717, 1.165) is 12.8 Å². The van der Waals surface area contributed by atoms with Crippen LogP contribution < -0.4 is 0 Å². The lowest BCUT2D eigenvalue weighted by Gasteiger charge is -2.24. The van der Waals surface area contributed by atoms with E-state index in [1.54, 1.807) is 6.08 Å². The van der Waals surface area contributed by atoms with Crippen molar-refractivity contribution < 1.29 is 94.7 Å². The fourth-order valence-corrected chi connectivity index (χ4v) is 7.28. The standard InChI is InChI=1S/C66H130O20/c1-23-25-26-47(3)68-29-49(5)70-31-51(7)72-33-53(9)74-35-55(11)76-37-57(13)78-39-59(15)80-41-61(17)82-43-63(19)84-45-65(21)86-46-66(22)85-44-64(20)83-42-62(18)81-40-60(16)79-38-58(14)77-36-56(12)75-34-54(10)73-32-52(8)71-30-50(6)69-28-48(4)67-27-24-2/h23-24,47-66H,1-2,25-46H2,3-22H3. The molecule has 86 heavy (non-hydrogen) atoms. The third kappa shape index (κ3) is 53.4. The van der Waals surface area contributed by atoms with Crippen LogP contribution in [0.25, 0.3) is 0 Å². The van der Waals surface area contributed by atoms with Gasteiger partial charge >= 0.3 is 0 Å². The Kier molecular flexibility index (Phi) is 53.4. The molecule has 514 valence electrons. The highest BCUT2D eigenvalue weighted by molar-refractivity contribution is 4.69.